The summed E-state index contributed by atoms with van der Waals surface area (Å²) in [6, 6.07) is 0. The summed E-state index contributed by atoms with van der Waals surface area (Å²) in [7, 11) is 0. The number of esters is 2. The van der Waals surface area contributed by atoms with Gasteiger partial charge < -0.3 is 42.6 Å². The van der Waals surface area contributed by atoms with Crippen LogP contribution in [0, 0.1) is 5.92 Å². The number of carbonyl (C=O) groups is 2. The first-order valence-corrected chi connectivity index (χ1v) is 17.0. The lowest BCUT2D eigenvalue weighted by Crippen LogP contribution is -2.20. The van der Waals surface area contributed by atoms with Gasteiger partial charge in [-0.2, -0.15) is 0 Å². The van der Waals surface area contributed by atoms with Crippen LogP contribution in [0.15, 0.2) is 0 Å². The van der Waals surface area contributed by atoms with Crippen molar-refractivity contribution >= 4 is 11.9 Å². The number of hydrogen-bond donors (Lipinski definition) is 0. The van der Waals surface area contributed by atoms with Gasteiger partial charge in [0.1, 0.15) is 13.2 Å². The molecule has 44 heavy (non-hydrogen) atoms. The summed E-state index contributed by atoms with van der Waals surface area (Å²) in [6.45, 7) is 13.4. The zero-order valence-corrected chi connectivity index (χ0v) is 28.2. The molecule has 1 atom stereocenters. The van der Waals surface area contributed by atoms with E-state index in [1.165, 1.54) is 25.7 Å². The monoisotopic (exact) mass is 636 g/mol. The first-order valence-electron chi connectivity index (χ1n) is 17.0. The minimum Gasteiger partial charge on any atom is -0.463 e. The van der Waals surface area contributed by atoms with Crippen LogP contribution in [0.4, 0.5) is 0 Å². The van der Waals surface area contributed by atoms with E-state index in [-0.39, 0.29) is 31.1 Å². The molecule has 1 unspecified atom stereocenters. The van der Waals surface area contributed by atoms with Gasteiger partial charge in [-0.15, -0.1) is 0 Å². The molecule has 11 heteroatoms. The first kappa shape index (κ1) is 42.7. The zero-order valence-electron chi connectivity index (χ0n) is 28.2. The Kier molecular flexibility index (Phi) is 35.0. The third kappa shape index (κ3) is 32.1. The van der Waals surface area contributed by atoms with Crippen molar-refractivity contribution in [2.45, 2.75) is 91.4 Å². The standard InChI is InChI=1S/C33H64O11/c1-4-7-9-10-11-12-14-32(34)43-29-27-41-25-23-39-21-19-37-17-15-36-16-18-38-20-22-40-24-26-42-28-30-44-33(35)31(6-3)13-8-5-2/h31H,4-30H2,1-3H3. The van der Waals surface area contributed by atoms with E-state index in [4.69, 9.17) is 42.6 Å². The maximum Gasteiger partial charge on any atom is 0.308 e. The molecule has 0 radical (unpaired) electrons. The van der Waals surface area contributed by atoms with Crippen molar-refractivity contribution in [2.24, 2.45) is 5.92 Å². The number of unbranched alkanes of at least 4 members (excludes halogenated alkanes) is 6. The van der Waals surface area contributed by atoms with Gasteiger partial charge in [0.25, 0.3) is 0 Å². The van der Waals surface area contributed by atoms with Crippen LogP contribution in [0.1, 0.15) is 91.4 Å². The van der Waals surface area contributed by atoms with Crippen molar-refractivity contribution in [3.63, 3.8) is 0 Å². The molecule has 0 spiro atoms. The minimum atomic E-state index is -0.145. The summed E-state index contributed by atoms with van der Waals surface area (Å²) in [4.78, 5) is 23.7. The summed E-state index contributed by atoms with van der Waals surface area (Å²) in [6.07, 6.45) is 11.3. The summed E-state index contributed by atoms with van der Waals surface area (Å²) in [5.41, 5.74) is 0. The van der Waals surface area contributed by atoms with Crippen molar-refractivity contribution in [1.82, 2.24) is 0 Å². The van der Waals surface area contributed by atoms with Gasteiger partial charge in [0.05, 0.1) is 98.4 Å². The molecule has 262 valence electrons. The van der Waals surface area contributed by atoms with Crippen molar-refractivity contribution in [3.05, 3.63) is 0 Å². The fourth-order valence-corrected chi connectivity index (χ4v) is 4.02. The summed E-state index contributed by atoms with van der Waals surface area (Å²) in [5, 5.41) is 0. The topological polar surface area (TPSA) is 117 Å². The molecule has 0 aliphatic carbocycles. The number of rotatable bonds is 36. The molecule has 11 nitrogen and oxygen atoms in total. The maximum absolute atomic E-state index is 12.0. The Labute approximate surface area is 267 Å². The van der Waals surface area contributed by atoms with Crippen LogP contribution in [-0.2, 0) is 52.2 Å². The SMILES string of the molecule is CCCCCCCCC(=O)OCCOCCOCCOCCOCCOCCOCCOCCOC(=O)C(CC)CCCC. The van der Waals surface area contributed by atoms with Crippen LogP contribution in [-0.4, -0.2) is 118 Å². The third-order valence-electron chi connectivity index (χ3n) is 6.66. The van der Waals surface area contributed by atoms with Crippen molar-refractivity contribution in [2.75, 3.05) is 106 Å². The molecule has 0 aromatic carbocycles. The quantitative estimate of drug-likeness (QED) is 0.0671. The van der Waals surface area contributed by atoms with E-state index < -0.39 is 0 Å². The Morgan fingerprint density at radius 2 is 0.795 bits per heavy atom. The summed E-state index contributed by atoms with van der Waals surface area (Å²) < 4.78 is 48.6. The number of ether oxygens (including phenoxy) is 9. The molecule has 0 aliphatic rings. The lowest BCUT2D eigenvalue weighted by Gasteiger charge is -2.13. The van der Waals surface area contributed by atoms with Gasteiger partial charge in [-0.05, 0) is 19.3 Å². The average molecular weight is 637 g/mol. The molecule has 0 rings (SSSR count). The smallest absolute Gasteiger partial charge is 0.308 e. The molecule has 0 aromatic heterocycles. The van der Waals surface area contributed by atoms with Crippen LogP contribution in [0.2, 0.25) is 0 Å². The second kappa shape index (κ2) is 36.1. The lowest BCUT2D eigenvalue weighted by atomic mass is 10.00. The van der Waals surface area contributed by atoms with Crippen LogP contribution in [0.5, 0.6) is 0 Å². The molecular formula is C33H64O11. The van der Waals surface area contributed by atoms with Crippen molar-refractivity contribution < 1.29 is 52.2 Å². The Hall–Kier alpha value is -1.34. The van der Waals surface area contributed by atoms with E-state index >= 15 is 0 Å². The molecule has 0 saturated heterocycles. The Morgan fingerprint density at radius 1 is 0.432 bits per heavy atom. The number of hydrogen-bond acceptors (Lipinski definition) is 11. The Balaban J connectivity index is 3.20. The lowest BCUT2D eigenvalue weighted by molar-refractivity contribution is -0.150. The van der Waals surface area contributed by atoms with Gasteiger partial charge in [0, 0.05) is 6.42 Å². The fourth-order valence-electron chi connectivity index (χ4n) is 4.02. The molecule has 0 bridgehead atoms. The van der Waals surface area contributed by atoms with Crippen LogP contribution in [0.25, 0.3) is 0 Å². The van der Waals surface area contributed by atoms with Gasteiger partial charge in [-0.3, -0.25) is 9.59 Å². The van der Waals surface area contributed by atoms with E-state index in [0.29, 0.717) is 98.9 Å². The van der Waals surface area contributed by atoms with Crippen molar-refractivity contribution in [1.29, 1.82) is 0 Å². The van der Waals surface area contributed by atoms with Gasteiger partial charge in [0.2, 0.25) is 0 Å². The molecule has 0 amide bonds. The van der Waals surface area contributed by atoms with Gasteiger partial charge in [-0.25, -0.2) is 0 Å². The highest BCUT2D eigenvalue weighted by Gasteiger charge is 2.16. The van der Waals surface area contributed by atoms with Crippen molar-refractivity contribution in [3.8, 4) is 0 Å². The largest absolute Gasteiger partial charge is 0.463 e. The molecule has 0 aromatic rings. The molecule has 0 aliphatic heterocycles. The van der Waals surface area contributed by atoms with Crippen LogP contribution < -0.4 is 0 Å². The Bertz CT molecular complexity index is 606. The fraction of sp³-hybridized carbons (Fsp3) is 0.939. The van der Waals surface area contributed by atoms with Crippen LogP contribution in [0.3, 0.4) is 0 Å². The predicted molar refractivity (Wildman–Crippen MR) is 169 cm³/mol. The zero-order chi connectivity index (χ0) is 32.2. The highest BCUT2D eigenvalue weighted by Crippen LogP contribution is 2.14. The van der Waals surface area contributed by atoms with E-state index in [9.17, 15) is 9.59 Å². The molecule has 0 N–H and O–H groups in total. The highest BCUT2D eigenvalue weighted by atomic mass is 16.6. The van der Waals surface area contributed by atoms with Gasteiger partial charge in [0.15, 0.2) is 0 Å². The number of carbonyl (C=O) groups excluding carboxylic acids is 2. The molecule has 0 fully saturated rings. The van der Waals surface area contributed by atoms with E-state index in [1.807, 2.05) is 6.92 Å². The molecule has 0 saturated carbocycles. The van der Waals surface area contributed by atoms with E-state index in [1.54, 1.807) is 0 Å². The van der Waals surface area contributed by atoms with Crippen LogP contribution >= 0.6 is 0 Å². The normalized spacial score (nSPS) is 12.0. The maximum atomic E-state index is 12.0. The Morgan fingerprint density at radius 3 is 1.20 bits per heavy atom. The first-order chi connectivity index (χ1) is 21.7. The predicted octanol–water partition coefficient (Wildman–Crippen LogP) is 5.16. The molecular weight excluding hydrogens is 572 g/mol. The minimum absolute atomic E-state index is 0.00340. The summed E-state index contributed by atoms with van der Waals surface area (Å²) in [5.74, 6) is -0.269. The average Bonchev–Trinajstić information content (AvgIpc) is 3.03. The second-order valence-corrected chi connectivity index (χ2v) is 10.4. The highest BCUT2D eigenvalue weighted by molar-refractivity contribution is 5.72. The van der Waals surface area contributed by atoms with Gasteiger partial charge in [-0.1, -0.05) is 65.7 Å². The third-order valence-corrected chi connectivity index (χ3v) is 6.66. The van der Waals surface area contributed by atoms with E-state index in [0.717, 1.165) is 38.5 Å². The van der Waals surface area contributed by atoms with E-state index in [2.05, 4.69) is 13.8 Å². The van der Waals surface area contributed by atoms with Gasteiger partial charge >= 0.3 is 11.9 Å². The molecule has 0 heterocycles. The summed E-state index contributed by atoms with van der Waals surface area (Å²) >= 11 is 0. The second-order valence-electron chi connectivity index (χ2n) is 10.4.